The van der Waals surface area contributed by atoms with Gasteiger partial charge < -0.3 is 14.7 Å². The summed E-state index contributed by atoms with van der Waals surface area (Å²) in [7, 11) is 0. The van der Waals surface area contributed by atoms with Crippen LogP contribution in [0.3, 0.4) is 0 Å². The largest absolute Gasteiger partial charge is 0.465 e. The summed E-state index contributed by atoms with van der Waals surface area (Å²) in [5.41, 5.74) is 2.17. The van der Waals surface area contributed by atoms with Crippen molar-refractivity contribution in [3.8, 4) is 5.75 Å². The molecule has 0 spiro atoms. The van der Waals surface area contributed by atoms with Gasteiger partial charge in [-0.15, -0.1) is 0 Å². The molecule has 1 aliphatic rings. The predicted octanol–water partition coefficient (Wildman–Crippen LogP) is 7.29. The minimum atomic E-state index is -0.798. The molecule has 3 aromatic carbocycles. The van der Waals surface area contributed by atoms with Crippen LogP contribution in [-0.4, -0.2) is 15.4 Å². The van der Waals surface area contributed by atoms with E-state index in [0.717, 1.165) is 22.8 Å². The van der Waals surface area contributed by atoms with Crippen molar-refractivity contribution in [2.75, 3.05) is 9.33 Å². The highest BCUT2D eigenvalue weighted by molar-refractivity contribution is 14.1. The van der Waals surface area contributed by atoms with E-state index < -0.39 is 6.10 Å². The van der Waals surface area contributed by atoms with E-state index in [0.29, 0.717) is 29.8 Å². The van der Waals surface area contributed by atoms with E-state index in [-0.39, 0.29) is 29.5 Å². The van der Waals surface area contributed by atoms with Crippen LogP contribution in [-0.2, 0) is 4.79 Å². The van der Waals surface area contributed by atoms with Crippen LogP contribution in [0.25, 0.3) is 0 Å². The number of amides is 1. The van der Waals surface area contributed by atoms with Gasteiger partial charge in [0.2, 0.25) is 5.91 Å². The van der Waals surface area contributed by atoms with Gasteiger partial charge in [-0.3, -0.25) is 4.79 Å². The van der Waals surface area contributed by atoms with Crippen LogP contribution in [0.2, 0.25) is 0 Å². The fourth-order valence-electron chi connectivity index (χ4n) is 4.42. The second kappa shape index (κ2) is 12.5. The summed E-state index contributed by atoms with van der Waals surface area (Å²) >= 11 is 2.34. The summed E-state index contributed by atoms with van der Waals surface area (Å²) in [5, 5.41) is 10.6. The van der Waals surface area contributed by atoms with Crippen LogP contribution in [0.1, 0.15) is 49.0 Å². The molecule has 1 fully saturated rings. The smallest absolute Gasteiger partial charge is 0.233 e. The number of hydrogen-bond acceptors (Lipinski definition) is 3. The number of carbonyl (C=O) groups is 1. The fourth-order valence-corrected chi connectivity index (χ4v) is 4.86. The summed E-state index contributed by atoms with van der Waals surface area (Å²) < 4.78 is 33.5. The normalized spacial score (nSPS) is 18.3. The van der Waals surface area contributed by atoms with Crippen molar-refractivity contribution in [3.63, 3.8) is 0 Å². The molecule has 7 heteroatoms. The first-order valence-electron chi connectivity index (χ1n) is 12.0. The zero-order valence-corrected chi connectivity index (χ0v) is 21.9. The first kappa shape index (κ1) is 26.3. The number of hydrogen-bond donors (Lipinski definition) is 1. The molecule has 0 saturated carbocycles. The maximum atomic E-state index is 13.5. The number of aliphatic hydroxyl groups excluding tert-OH is 1. The molecule has 4 rings (SSSR count). The number of rotatable bonds is 11. The Morgan fingerprint density at radius 3 is 2.25 bits per heavy atom. The second-order valence-corrected chi connectivity index (χ2v) is 9.85. The minimum Gasteiger partial charge on any atom is -0.465 e. The fraction of sp³-hybridized carbons (Fsp3) is 0.276. The van der Waals surface area contributed by atoms with Crippen LogP contribution in [0.4, 0.5) is 14.5 Å². The molecule has 1 heterocycles. The summed E-state index contributed by atoms with van der Waals surface area (Å²) in [6.45, 7) is 0. The number of β-lactam (4-membered cyclic amide) rings is 1. The number of benzene rings is 3. The third-order valence-corrected chi connectivity index (χ3v) is 7.11. The zero-order valence-electron chi connectivity index (χ0n) is 19.7. The zero-order chi connectivity index (χ0) is 25.5. The van der Waals surface area contributed by atoms with Crippen molar-refractivity contribution < 1.29 is 23.4 Å². The lowest BCUT2D eigenvalue weighted by Gasteiger charge is -2.48. The van der Waals surface area contributed by atoms with Crippen LogP contribution in [0, 0.1) is 17.6 Å². The Bertz CT molecular complexity index is 1170. The standard InChI is InChI=1S/C29H28F2INO3/c30-22-8-4-20(5-9-22)27(34)17-16-26-28(33(29(26)35)24-12-10-23(31)11-13-24)21-6-14-25(15-7-21)36-19-3-1-2-18-32/h3-15,19,26-28,34H,1-2,16-18H2/b19-3+. The van der Waals surface area contributed by atoms with E-state index in [2.05, 4.69) is 22.6 Å². The van der Waals surface area contributed by atoms with Gasteiger partial charge in [0.1, 0.15) is 17.4 Å². The van der Waals surface area contributed by atoms with Gasteiger partial charge in [-0.2, -0.15) is 0 Å². The minimum absolute atomic E-state index is 0.0727. The number of alkyl halides is 1. The van der Waals surface area contributed by atoms with Crippen LogP contribution < -0.4 is 9.64 Å². The van der Waals surface area contributed by atoms with Crippen LogP contribution in [0.5, 0.6) is 5.75 Å². The van der Waals surface area contributed by atoms with E-state index in [4.69, 9.17) is 4.74 Å². The number of carbonyl (C=O) groups excluding carboxylic acids is 1. The molecule has 1 N–H and O–H groups in total. The molecule has 1 amide bonds. The van der Waals surface area contributed by atoms with Gasteiger partial charge in [0.15, 0.2) is 0 Å². The highest BCUT2D eigenvalue weighted by Crippen LogP contribution is 2.46. The number of unbranched alkanes of at least 4 members (excludes halogenated alkanes) is 1. The number of aliphatic hydroxyl groups is 1. The van der Waals surface area contributed by atoms with Gasteiger partial charge in [-0.1, -0.05) is 46.9 Å². The second-order valence-electron chi connectivity index (χ2n) is 8.77. The Labute approximate surface area is 223 Å². The maximum Gasteiger partial charge on any atom is 0.233 e. The molecular weight excluding hydrogens is 575 g/mol. The molecule has 36 heavy (non-hydrogen) atoms. The third-order valence-electron chi connectivity index (χ3n) is 6.35. The lowest BCUT2D eigenvalue weighted by atomic mass is 9.78. The van der Waals surface area contributed by atoms with Crippen molar-refractivity contribution in [1.29, 1.82) is 0 Å². The summed E-state index contributed by atoms with van der Waals surface area (Å²) in [4.78, 5) is 14.9. The molecule has 1 saturated heterocycles. The molecule has 4 nitrogen and oxygen atoms in total. The number of allylic oxidation sites excluding steroid dienone is 1. The van der Waals surface area contributed by atoms with Crippen molar-refractivity contribution in [2.24, 2.45) is 5.92 Å². The third kappa shape index (κ3) is 6.31. The van der Waals surface area contributed by atoms with E-state index in [1.807, 2.05) is 30.3 Å². The summed E-state index contributed by atoms with van der Waals surface area (Å²) in [6, 6.07) is 19.0. The molecule has 3 atom stereocenters. The van der Waals surface area contributed by atoms with Gasteiger partial charge in [0.05, 0.1) is 24.3 Å². The molecule has 0 aromatic heterocycles. The first-order chi connectivity index (χ1) is 17.5. The number of halogens is 3. The molecular formula is C29H28F2INO3. The molecule has 0 radical (unpaired) electrons. The van der Waals surface area contributed by atoms with Gasteiger partial charge in [-0.25, -0.2) is 8.78 Å². The highest BCUT2D eigenvalue weighted by atomic mass is 127. The molecule has 0 bridgehead atoms. The summed E-state index contributed by atoms with van der Waals surface area (Å²) in [5.74, 6) is -0.442. The van der Waals surface area contributed by atoms with E-state index in [1.165, 1.54) is 24.3 Å². The number of nitrogens with zero attached hydrogens (tertiary/aromatic N) is 1. The Morgan fingerprint density at radius 2 is 1.61 bits per heavy atom. The topological polar surface area (TPSA) is 49.8 Å². The predicted molar refractivity (Wildman–Crippen MR) is 145 cm³/mol. The summed E-state index contributed by atoms with van der Waals surface area (Å²) in [6.07, 6.45) is 5.77. The average molecular weight is 603 g/mol. The lowest BCUT2D eigenvalue weighted by Crippen LogP contribution is -2.55. The van der Waals surface area contributed by atoms with Crippen molar-refractivity contribution in [3.05, 3.63) is 108 Å². The van der Waals surface area contributed by atoms with Crippen molar-refractivity contribution in [2.45, 2.75) is 37.8 Å². The Morgan fingerprint density at radius 1 is 0.972 bits per heavy atom. The van der Waals surface area contributed by atoms with Crippen molar-refractivity contribution in [1.82, 2.24) is 0 Å². The average Bonchev–Trinajstić information content (AvgIpc) is 2.89. The first-order valence-corrected chi connectivity index (χ1v) is 13.5. The molecule has 3 unspecified atom stereocenters. The van der Waals surface area contributed by atoms with Gasteiger partial charge in [-0.05, 0) is 95.8 Å². The lowest BCUT2D eigenvalue weighted by molar-refractivity contribution is -0.131. The molecule has 3 aromatic rings. The van der Waals surface area contributed by atoms with Gasteiger partial charge in [0, 0.05) is 5.69 Å². The van der Waals surface area contributed by atoms with E-state index in [9.17, 15) is 18.7 Å². The number of ether oxygens (including phenoxy) is 1. The quantitative estimate of drug-likeness (QED) is 0.0824. The van der Waals surface area contributed by atoms with Crippen molar-refractivity contribution >= 4 is 34.2 Å². The van der Waals surface area contributed by atoms with Gasteiger partial charge in [0.25, 0.3) is 0 Å². The van der Waals surface area contributed by atoms with Crippen LogP contribution in [0.15, 0.2) is 85.1 Å². The number of anilines is 1. The Kier molecular flexibility index (Phi) is 9.09. The Balaban J connectivity index is 1.49. The molecule has 1 aliphatic heterocycles. The molecule has 0 aliphatic carbocycles. The van der Waals surface area contributed by atoms with E-state index >= 15 is 0 Å². The SMILES string of the molecule is O=C1C(CCC(O)c2ccc(F)cc2)C(c2ccc(O/C=C/CCCI)cc2)N1c1ccc(F)cc1. The monoisotopic (exact) mass is 603 g/mol. The maximum absolute atomic E-state index is 13.5. The van der Waals surface area contributed by atoms with E-state index in [1.54, 1.807) is 35.4 Å². The Hall–Kier alpha value is -2.78. The van der Waals surface area contributed by atoms with Gasteiger partial charge >= 0.3 is 0 Å². The van der Waals surface area contributed by atoms with Crippen LogP contribution >= 0.6 is 22.6 Å². The molecule has 188 valence electrons. The highest BCUT2D eigenvalue weighted by Gasteiger charge is 2.48.